The molecule has 2 rings (SSSR count). The lowest BCUT2D eigenvalue weighted by atomic mass is 9.79. The molecule has 0 nitrogen and oxygen atoms in total. The number of halogens is 1. The highest BCUT2D eigenvalue weighted by Crippen LogP contribution is 2.54. The Kier molecular flexibility index (Phi) is 4.66. The van der Waals surface area contributed by atoms with Crippen molar-refractivity contribution in [3.63, 3.8) is 0 Å². The van der Waals surface area contributed by atoms with Crippen molar-refractivity contribution >= 4 is 11.6 Å². The average Bonchev–Trinajstić information content (AvgIpc) is 3.00. The van der Waals surface area contributed by atoms with Gasteiger partial charge in [0.15, 0.2) is 0 Å². The first kappa shape index (κ1) is 14.6. The monoisotopic (exact) mass is 252 g/mol. The second-order valence-electron chi connectivity index (χ2n) is 6.02. The Morgan fingerprint density at radius 2 is 1.53 bits per heavy atom. The van der Waals surface area contributed by atoms with Gasteiger partial charge in [-0.3, -0.25) is 0 Å². The van der Waals surface area contributed by atoms with Crippen LogP contribution in [0.25, 0.3) is 0 Å². The summed E-state index contributed by atoms with van der Waals surface area (Å²) in [6.45, 7) is 11.0. The van der Waals surface area contributed by atoms with Gasteiger partial charge in [-0.1, -0.05) is 58.4 Å². The van der Waals surface area contributed by atoms with Crippen molar-refractivity contribution in [2.45, 2.75) is 59.3 Å². The SMILES string of the molecule is CC.CC(C)(C)CC1(c2ccc(Cl)cc2)CC1. The van der Waals surface area contributed by atoms with Crippen LogP contribution in [0.4, 0.5) is 0 Å². The third kappa shape index (κ3) is 4.03. The van der Waals surface area contributed by atoms with Gasteiger partial charge < -0.3 is 0 Å². The van der Waals surface area contributed by atoms with Gasteiger partial charge in [-0.2, -0.15) is 0 Å². The van der Waals surface area contributed by atoms with Crippen LogP contribution in [0.15, 0.2) is 24.3 Å². The lowest BCUT2D eigenvalue weighted by Crippen LogP contribution is -2.17. The summed E-state index contributed by atoms with van der Waals surface area (Å²) in [5, 5.41) is 0.838. The summed E-state index contributed by atoms with van der Waals surface area (Å²) in [5.41, 5.74) is 2.35. The first-order chi connectivity index (χ1) is 7.91. The minimum Gasteiger partial charge on any atom is -0.0843 e. The fraction of sp³-hybridized carbons (Fsp3) is 0.625. The van der Waals surface area contributed by atoms with Gasteiger partial charge in [0.05, 0.1) is 0 Å². The van der Waals surface area contributed by atoms with Gasteiger partial charge in [-0.05, 0) is 47.8 Å². The zero-order chi connectivity index (χ0) is 13.1. The summed E-state index contributed by atoms with van der Waals surface area (Å²) >= 11 is 5.92. The molecule has 0 heterocycles. The lowest BCUT2D eigenvalue weighted by Gasteiger charge is -2.26. The molecule has 1 aromatic rings. The Hall–Kier alpha value is -0.490. The van der Waals surface area contributed by atoms with Gasteiger partial charge in [0, 0.05) is 5.02 Å². The van der Waals surface area contributed by atoms with E-state index < -0.39 is 0 Å². The molecule has 1 fully saturated rings. The predicted octanol–water partition coefficient (Wildman–Crippen LogP) is 5.83. The van der Waals surface area contributed by atoms with Gasteiger partial charge >= 0.3 is 0 Å². The Bertz CT molecular complexity index is 339. The maximum absolute atomic E-state index is 5.92. The molecule has 0 aliphatic heterocycles. The summed E-state index contributed by atoms with van der Waals surface area (Å²) in [6.07, 6.45) is 3.96. The van der Waals surface area contributed by atoms with Crippen LogP contribution in [-0.2, 0) is 5.41 Å². The highest BCUT2D eigenvalue weighted by molar-refractivity contribution is 6.30. The quantitative estimate of drug-likeness (QED) is 0.621. The highest BCUT2D eigenvalue weighted by atomic mass is 35.5. The molecule has 1 aromatic carbocycles. The standard InChI is InChI=1S/C14H19Cl.C2H6/c1-13(2,3)10-14(8-9-14)11-4-6-12(15)7-5-11;1-2/h4-7H,8-10H2,1-3H3;1-2H3. The third-order valence-corrected chi connectivity index (χ3v) is 3.43. The topological polar surface area (TPSA) is 0 Å². The van der Waals surface area contributed by atoms with Crippen molar-refractivity contribution in [2.24, 2.45) is 5.41 Å². The maximum atomic E-state index is 5.92. The van der Waals surface area contributed by atoms with Crippen LogP contribution in [0.5, 0.6) is 0 Å². The fourth-order valence-electron chi connectivity index (χ4n) is 2.54. The molecule has 96 valence electrons. The summed E-state index contributed by atoms with van der Waals surface area (Å²) in [6, 6.07) is 8.42. The smallest absolute Gasteiger partial charge is 0.0406 e. The highest BCUT2D eigenvalue weighted by Gasteiger charge is 2.46. The Morgan fingerprint density at radius 3 is 1.88 bits per heavy atom. The van der Waals surface area contributed by atoms with E-state index in [9.17, 15) is 0 Å². The number of hydrogen-bond acceptors (Lipinski definition) is 0. The molecule has 0 aromatic heterocycles. The minimum atomic E-state index is 0.413. The summed E-state index contributed by atoms with van der Waals surface area (Å²) in [7, 11) is 0. The molecule has 0 unspecified atom stereocenters. The van der Waals surface area contributed by atoms with E-state index >= 15 is 0 Å². The van der Waals surface area contributed by atoms with Gasteiger partial charge in [0.25, 0.3) is 0 Å². The molecule has 17 heavy (non-hydrogen) atoms. The molecule has 0 spiro atoms. The first-order valence-corrected chi connectivity index (χ1v) is 7.05. The molecular weight excluding hydrogens is 228 g/mol. The van der Waals surface area contributed by atoms with Crippen molar-refractivity contribution in [2.75, 3.05) is 0 Å². The molecule has 0 N–H and O–H groups in total. The fourth-order valence-corrected chi connectivity index (χ4v) is 2.66. The van der Waals surface area contributed by atoms with Gasteiger partial charge in [-0.15, -0.1) is 0 Å². The molecule has 0 bridgehead atoms. The van der Waals surface area contributed by atoms with Crippen LogP contribution in [0.1, 0.15) is 59.4 Å². The molecular formula is C16H25Cl. The van der Waals surface area contributed by atoms with E-state index in [1.54, 1.807) is 0 Å². The molecule has 0 amide bonds. The Morgan fingerprint density at radius 1 is 1.06 bits per heavy atom. The van der Waals surface area contributed by atoms with Crippen LogP contribution in [0, 0.1) is 5.41 Å². The van der Waals surface area contributed by atoms with E-state index in [0.29, 0.717) is 10.8 Å². The molecule has 0 saturated heterocycles. The summed E-state index contributed by atoms with van der Waals surface area (Å²) in [5.74, 6) is 0. The molecule has 1 saturated carbocycles. The molecule has 1 heteroatoms. The predicted molar refractivity (Wildman–Crippen MR) is 77.8 cm³/mol. The number of benzene rings is 1. The van der Waals surface area contributed by atoms with Crippen LogP contribution < -0.4 is 0 Å². The van der Waals surface area contributed by atoms with Crippen molar-refractivity contribution in [3.8, 4) is 0 Å². The van der Waals surface area contributed by atoms with Gasteiger partial charge in [0.2, 0.25) is 0 Å². The average molecular weight is 253 g/mol. The van der Waals surface area contributed by atoms with Crippen molar-refractivity contribution < 1.29 is 0 Å². The van der Waals surface area contributed by atoms with Crippen LogP contribution in [0.3, 0.4) is 0 Å². The minimum absolute atomic E-state index is 0.413. The van der Waals surface area contributed by atoms with E-state index in [-0.39, 0.29) is 0 Å². The second-order valence-corrected chi connectivity index (χ2v) is 6.46. The Balaban J connectivity index is 0.000000686. The summed E-state index contributed by atoms with van der Waals surface area (Å²) < 4.78 is 0. The third-order valence-electron chi connectivity index (χ3n) is 3.18. The van der Waals surface area contributed by atoms with E-state index in [4.69, 9.17) is 11.6 Å². The molecule has 0 atom stereocenters. The van der Waals surface area contributed by atoms with E-state index in [2.05, 4.69) is 32.9 Å². The van der Waals surface area contributed by atoms with Crippen LogP contribution in [0.2, 0.25) is 5.02 Å². The molecule has 0 radical (unpaired) electrons. The number of hydrogen-bond donors (Lipinski definition) is 0. The maximum Gasteiger partial charge on any atom is 0.0406 e. The van der Waals surface area contributed by atoms with E-state index in [1.165, 1.54) is 24.8 Å². The molecule has 1 aliphatic rings. The molecule has 1 aliphatic carbocycles. The zero-order valence-corrected chi connectivity index (χ0v) is 12.6. The van der Waals surface area contributed by atoms with Crippen molar-refractivity contribution in [3.05, 3.63) is 34.9 Å². The van der Waals surface area contributed by atoms with Gasteiger partial charge in [-0.25, -0.2) is 0 Å². The summed E-state index contributed by atoms with van der Waals surface area (Å²) in [4.78, 5) is 0. The zero-order valence-electron chi connectivity index (χ0n) is 11.8. The first-order valence-electron chi connectivity index (χ1n) is 6.67. The van der Waals surface area contributed by atoms with Gasteiger partial charge in [0.1, 0.15) is 0 Å². The normalized spacial score (nSPS) is 17.1. The van der Waals surface area contributed by atoms with Crippen LogP contribution >= 0.6 is 11.6 Å². The second kappa shape index (κ2) is 5.44. The van der Waals surface area contributed by atoms with E-state index in [1.807, 2.05) is 26.0 Å². The largest absolute Gasteiger partial charge is 0.0843 e. The lowest BCUT2D eigenvalue weighted by molar-refractivity contribution is 0.329. The Labute approximate surface area is 111 Å². The van der Waals surface area contributed by atoms with Crippen molar-refractivity contribution in [1.82, 2.24) is 0 Å². The number of rotatable bonds is 2. The van der Waals surface area contributed by atoms with Crippen LogP contribution in [-0.4, -0.2) is 0 Å². The van der Waals surface area contributed by atoms with Crippen molar-refractivity contribution in [1.29, 1.82) is 0 Å². The van der Waals surface area contributed by atoms with E-state index in [0.717, 1.165) is 5.02 Å².